The normalized spacial score (nSPS) is 10.4. The van der Waals surface area contributed by atoms with Crippen LogP contribution in [0.3, 0.4) is 0 Å². The second kappa shape index (κ2) is 7.51. The molecule has 3 rings (SSSR count). The lowest BCUT2D eigenvalue weighted by atomic mass is 10.3. The number of para-hydroxylation sites is 1. The van der Waals surface area contributed by atoms with Crippen LogP contribution in [0.2, 0.25) is 10.0 Å². The van der Waals surface area contributed by atoms with E-state index in [-0.39, 0.29) is 11.6 Å². The van der Waals surface area contributed by atoms with Gasteiger partial charge < -0.3 is 10.6 Å². The smallest absolute Gasteiger partial charge is 0.274 e. The lowest BCUT2D eigenvalue weighted by molar-refractivity contribution is 0.102. The molecule has 1 heterocycles. The predicted molar refractivity (Wildman–Crippen MR) is 101 cm³/mol. The molecule has 2 N–H and O–H groups in total. The van der Waals surface area contributed by atoms with E-state index in [9.17, 15) is 4.79 Å². The Morgan fingerprint density at radius 3 is 2.40 bits per heavy atom. The summed E-state index contributed by atoms with van der Waals surface area (Å²) in [5, 5.41) is 6.68. The molecular weight excluding hydrogens is 359 g/mol. The fourth-order valence-corrected chi connectivity index (χ4v) is 2.48. The number of rotatable bonds is 4. The molecule has 0 atom stereocenters. The third-order valence-electron chi connectivity index (χ3n) is 3.29. The van der Waals surface area contributed by atoms with Gasteiger partial charge in [0.05, 0.1) is 10.0 Å². The van der Waals surface area contributed by atoms with Crippen molar-refractivity contribution in [2.45, 2.75) is 6.92 Å². The number of carbonyl (C=O) groups excluding carboxylic acids is 1. The van der Waals surface area contributed by atoms with Crippen LogP contribution in [0.4, 0.5) is 17.2 Å². The van der Waals surface area contributed by atoms with Crippen molar-refractivity contribution in [3.8, 4) is 0 Å². The predicted octanol–water partition coefficient (Wildman–Crippen LogP) is 5.09. The first-order valence-electron chi connectivity index (χ1n) is 7.45. The average Bonchev–Trinajstić information content (AvgIpc) is 2.58. The standard InChI is InChI=1S/C18H14Cl2N4O/c1-11-21-16(10-17(22-11)23-12-5-3-2-4-6-12)18(25)24-13-7-8-14(19)15(20)9-13/h2-10H,1H3,(H,24,25)(H,21,22,23). The molecule has 5 nitrogen and oxygen atoms in total. The number of amides is 1. The second-order valence-corrected chi connectivity index (χ2v) is 6.07. The quantitative estimate of drug-likeness (QED) is 0.669. The summed E-state index contributed by atoms with van der Waals surface area (Å²) in [4.78, 5) is 21.0. The number of carbonyl (C=O) groups is 1. The first kappa shape index (κ1) is 17.2. The summed E-state index contributed by atoms with van der Waals surface area (Å²) in [6.45, 7) is 1.73. The van der Waals surface area contributed by atoms with E-state index < -0.39 is 0 Å². The fraction of sp³-hybridized carbons (Fsp3) is 0.0556. The molecule has 25 heavy (non-hydrogen) atoms. The number of benzene rings is 2. The molecule has 0 fully saturated rings. The zero-order chi connectivity index (χ0) is 17.8. The minimum atomic E-state index is -0.361. The summed E-state index contributed by atoms with van der Waals surface area (Å²) in [5.74, 6) is 0.665. The van der Waals surface area contributed by atoms with E-state index in [0.717, 1.165) is 5.69 Å². The lowest BCUT2D eigenvalue weighted by Gasteiger charge is -2.09. The van der Waals surface area contributed by atoms with E-state index in [1.807, 2.05) is 30.3 Å². The van der Waals surface area contributed by atoms with Crippen molar-refractivity contribution < 1.29 is 4.79 Å². The highest BCUT2D eigenvalue weighted by atomic mass is 35.5. The summed E-state index contributed by atoms with van der Waals surface area (Å²) in [6.07, 6.45) is 0. The number of aryl methyl sites for hydroxylation is 1. The molecule has 0 aliphatic rings. The van der Waals surface area contributed by atoms with Crippen molar-refractivity contribution in [1.82, 2.24) is 9.97 Å². The summed E-state index contributed by atoms with van der Waals surface area (Å²) < 4.78 is 0. The minimum Gasteiger partial charge on any atom is -0.340 e. The van der Waals surface area contributed by atoms with Crippen LogP contribution in [0, 0.1) is 6.92 Å². The molecule has 0 bridgehead atoms. The van der Waals surface area contributed by atoms with Gasteiger partial charge in [-0.15, -0.1) is 0 Å². The molecule has 7 heteroatoms. The number of hydrogen-bond acceptors (Lipinski definition) is 4. The Bertz CT molecular complexity index is 916. The van der Waals surface area contributed by atoms with Gasteiger partial charge in [-0.05, 0) is 37.3 Å². The third kappa shape index (κ3) is 4.47. The van der Waals surface area contributed by atoms with Gasteiger partial charge in [-0.2, -0.15) is 0 Å². The van der Waals surface area contributed by atoms with Gasteiger partial charge >= 0.3 is 0 Å². The SMILES string of the molecule is Cc1nc(Nc2ccccc2)cc(C(=O)Nc2ccc(Cl)c(Cl)c2)n1. The van der Waals surface area contributed by atoms with Gasteiger partial charge in [0.25, 0.3) is 5.91 Å². The molecule has 0 saturated carbocycles. The Kier molecular flexibility index (Phi) is 5.16. The largest absolute Gasteiger partial charge is 0.340 e. The van der Waals surface area contributed by atoms with E-state index in [0.29, 0.717) is 27.4 Å². The van der Waals surface area contributed by atoms with Crippen molar-refractivity contribution in [1.29, 1.82) is 0 Å². The Morgan fingerprint density at radius 1 is 0.920 bits per heavy atom. The summed E-state index contributed by atoms with van der Waals surface area (Å²) >= 11 is 11.8. The molecule has 0 saturated heterocycles. The van der Waals surface area contributed by atoms with E-state index in [4.69, 9.17) is 23.2 Å². The zero-order valence-electron chi connectivity index (χ0n) is 13.3. The van der Waals surface area contributed by atoms with Gasteiger partial charge in [0, 0.05) is 17.4 Å². The molecule has 2 aromatic carbocycles. The van der Waals surface area contributed by atoms with Crippen molar-refractivity contribution >= 4 is 46.3 Å². The first-order valence-corrected chi connectivity index (χ1v) is 8.21. The van der Waals surface area contributed by atoms with E-state index in [1.54, 1.807) is 31.2 Å². The number of halogens is 2. The highest BCUT2D eigenvalue weighted by molar-refractivity contribution is 6.42. The highest BCUT2D eigenvalue weighted by Gasteiger charge is 2.12. The Morgan fingerprint density at radius 2 is 1.68 bits per heavy atom. The van der Waals surface area contributed by atoms with Crippen LogP contribution in [-0.2, 0) is 0 Å². The molecule has 0 aliphatic heterocycles. The molecule has 0 unspecified atom stereocenters. The van der Waals surface area contributed by atoms with Crippen molar-refractivity contribution in [3.63, 3.8) is 0 Å². The molecule has 126 valence electrons. The molecular formula is C18H14Cl2N4O. The number of anilines is 3. The van der Waals surface area contributed by atoms with Crippen LogP contribution in [0.1, 0.15) is 16.3 Å². The van der Waals surface area contributed by atoms with Crippen molar-refractivity contribution in [2.24, 2.45) is 0 Å². The topological polar surface area (TPSA) is 66.9 Å². The number of nitrogens with zero attached hydrogens (tertiary/aromatic N) is 2. The van der Waals surface area contributed by atoms with Crippen LogP contribution < -0.4 is 10.6 Å². The molecule has 0 spiro atoms. The average molecular weight is 373 g/mol. The first-order chi connectivity index (χ1) is 12.0. The third-order valence-corrected chi connectivity index (χ3v) is 4.03. The van der Waals surface area contributed by atoms with Gasteiger partial charge in [-0.25, -0.2) is 9.97 Å². The van der Waals surface area contributed by atoms with Gasteiger partial charge in [0.1, 0.15) is 17.3 Å². The fourth-order valence-electron chi connectivity index (χ4n) is 2.19. The van der Waals surface area contributed by atoms with Crippen molar-refractivity contribution in [3.05, 3.63) is 76.2 Å². The summed E-state index contributed by atoms with van der Waals surface area (Å²) in [7, 11) is 0. The number of aromatic nitrogens is 2. The van der Waals surface area contributed by atoms with Gasteiger partial charge in [0.15, 0.2) is 0 Å². The lowest BCUT2D eigenvalue weighted by Crippen LogP contribution is -2.15. The maximum atomic E-state index is 12.5. The maximum absolute atomic E-state index is 12.5. The van der Waals surface area contributed by atoms with E-state index in [1.165, 1.54) is 0 Å². The minimum absolute atomic E-state index is 0.247. The molecule has 0 radical (unpaired) electrons. The molecule has 1 aromatic heterocycles. The highest BCUT2D eigenvalue weighted by Crippen LogP contribution is 2.25. The maximum Gasteiger partial charge on any atom is 0.274 e. The number of nitrogens with one attached hydrogen (secondary N) is 2. The van der Waals surface area contributed by atoms with E-state index in [2.05, 4.69) is 20.6 Å². The van der Waals surface area contributed by atoms with Crippen LogP contribution in [-0.4, -0.2) is 15.9 Å². The molecule has 3 aromatic rings. The monoisotopic (exact) mass is 372 g/mol. The van der Waals surface area contributed by atoms with Gasteiger partial charge in [-0.1, -0.05) is 41.4 Å². The summed E-state index contributed by atoms with van der Waals surface area (Å²) in [6, 6.07) is 16.0. The zero-order valence-corrected chi connectivity index (χ0v) is 14.8. The van der Waals surface area contributed by atoms with Crippen LogP contribution in [0.5, 0.6) is 0 Å². The van der Waals surface area contributed by atoms with Gasteiger partial charge in [0.2, 0.25) is 0 Å². The Hall–Kier alpha value is -2.63. The van der Waals surface area contributed by atoms with E-state index >= 15 is 0 Å². The molecule has 0 aliphatic carbocycles. The number of hydrogen-bond donors (Lipinski definition) is 2. The summed E-state index contributed by atoms with van der Waals surface area (Å²) in [5.41, 5.74) is 1.65. The van der Waals surface area contributed by atoms with Crippen LogP contribution in [0.25, 0.3) is 0 Å². The Balaban J connectivity index is 1.81. The van der Waals surface area contributed by atoms with Crippen LogP contribution >= 0.6 is 23.2 Å². The van der Waals surface area contributed by atoms with Gasteiger partial charge in [-0.3, -0.25) is 4.79 Å². The van der Waals surface area contributed by atoms with Crippen molar-refractivity contribution in [2.75, 3.05) is 10.6 Å². The van der Waals surface area contributed by atoms with Crippen LogP contribution in [0.15, 0.2) is 54.6 Å². The molecule has 1 amide bonds. The Labute approximate surface area is 155 Å². The second-order valence-electron chi connectivity index (χ2n) is 5.26.